The molecule has 3 aromatic heterocycles. The highest BCUT2D eigenvalue weighted by Crippen LogP contribution is 2.31. The van der Waals surface area contributed by atoms with Crippen LogP contribution in [-0.2, 0) is 11.2 Å². The second-order valence-corrected chi connectivity index (χ2v) is 7.65. The van der Waals surface area contributed by atoms with Gasteiger partial charge < -0.3 is 10.3 Å². The fourth-order valence-corrected chi connectivity index (χ4v) is 4.23. The summed E-state index contributed by atoms with van der Waals surface area (Å²) in [5.74, 6) is -0.246. The van der Waals surface area contributed by atoms with E-state index in [0.717, 1.165) is 22.2 Å². The number of hydrogen-bond donors (Lipinski definition) is 2. The number of fused-ring (bicyclic) bond motifs is 1. The average molecular weight is 417 g/mol. The Morgan fingerprint density at radius 1 is 1.26 bits per heavy atom. The topological polar surface area (TPSA) is 70.7 Å². The highest BCUT2D eigenvalue weighted by atomic mass is 35.5. The monoisotopic (exact) mass is 416 g/mol. The van der Waals surface area contributed by atoms with Crippen molar-refractivity contribution in [3.63, 3.8) is 0 Å². The zero-order chi connectivity index (χ0) is 19.0. The van der Waals surface area contributed by atoms with Crippen LogP contribution >= 0.6 is 34.5 Å². The van der Waals surface area contributed by atoms with Gasteiger partial charge >= 0.3 is 0 Å². The average Bonchev–Trinajstić information content (AvgIpc) is 3.24. The quantitative estimate of drug-likeness (QED) is 0.432. The molecule has 0 aliphatic rings. The Kier molecular flexibility index (Phi) is 4.86. The van der Waals surface area contributed by atoms with Crippen molar-refractivity contribution in [1.82, 2.24) is 15.0 Å². The molecule has 0 fully saturated rings. The molecule has 0 radical (unpaired) electrons. The Bertz CT molecular complexity index is 1130. The lowest BCUT2D eigenvalue weighted by Crippen LogP contribution is -2.15. The van der Waals surface area contributed by atoms with Gasteiger partial charge in [0.05, 0.1) is 12.1 Å². The number of nitrogens with zero attached hydrogens (tertiary/aromatic N) is 2. The van der Waals surface area contributed by atoms with Crippen LogP contribution in [0.3, 0.4) is 0 Å². The molecule has 3 heterocycles. The molecule has 4 aromatic rings. The number of aromatic nitrogens is 3. The smallest absolute Gasteiger partial charge is 0.230 e. The van der Waals surface area contributed by atoms with E-state index in [0.29, 0.717) is 21.4 Å². The van der Waals surface area contributed by atoms with Gasteiger partial charge in [0.15, 0.2) is 5.13 Å². The molecular weight excluding hydrogens is 403 g/mol. The molecule has 5 nitrogen and oxygen atoms in total. The molecule has 2 N–H and O–H groups in total. The van der Waals surface area contributed by atoms with E-state index < -0.39 is 0 Å². The third-order valence-corrected chi connectivity index (χ3v) is 5.51. The number of rotatable bonds is 4. The van der Waals surface area contributed by atoms with Gasteiger partial charge in [0.25, 0.3) is 0 Å². The number of nitrogens with one attached hydrogen (secondary N) is 2. The fraction of sp³-hybridized carbons (Fsp3) is 0.105. The van der Waals surface area contributed by atoms with Crippen LogP contribution in [-0.4, -0.2) is 20.9 Å². The summed E-state index contributed by atoms with van der Waals surface area (Å²) in [5.41, 5.74) is 4.06. The van der Waals surface area contributed by atoms with E-state index in [9.17, 15) is 4.79 Å². The standard InChI is InChI=1S/C19H14Cl2N4OS/c1-10-6-14(20)12(18(21)23-10)7-17(26)25-19-24-16(9-27-19)13-8-22-15-5-3-2-4-11(13)15/h2-6,8-9,22H,7H2,1H3,(H,24,25,26). The largest absolute Gasteiger partial charge is 0.360 e. The summed E-state index contributed by atoms with van der Waals surface area (Å²) < 4.78 is 0. The number of carbonyl (C=O) groups is 1. The second-order valence-electron chi connectivity index (χ2n) is 6.03. The molecule has 8 heteroatoms. The third-order valence-electron chi connectivity index (χ3n) is 4.10. The number of hydrogen-bond acceptors (Lipinski definition) is 4. The molecule has 0 bridgehead atoms. The Labute approximate surface area is 169 Å². The van der Waals surface area contributed by atoms with Gasteiger partial charge in [0, 0.05) is 44.3 Å². The summed E-state index contributed by atoms with van der Waals surface area (Å²) in [4.78, 5) is 24.3. The Morgan fingerprint density at radius 2 is 2.07 bits per heavy atom. The van der Waals surface area contributed by atoms with Crippen LogP contribution in [0, 0.1) is 6.92 Å². The lowest BCUT2D eigenvalue weighted by molar-refractivity contribution is -0.115. The van der Waals surface area contributed by atoms with Crippen molar-refractivity contribution in [3.05, 3.63) is 63.3 Å². The van der Waals surface area contributed by atoms with E-state index in [1.54, 1.807) is 13.0 Å². The number of aromatic amines is 1. The van der Waals surface area contributed by atoms with E-state index in [1.807, 2.05) is 35.8 Å². The van der Waals surface area contributed by atoms with Crippen LogP contribution in [0.15, 0.2) is 41.9 Å². The molecule has 0 saturated carbocycles. The van der Waals surface area contributed by atoms with Crippen molar-refractivity contribution >= 4 is 56.5 Å². The van der Waals surface area contributed by atoms with Gasteiger partial charge in [-0.25, -0.2) is 9.97 Å². The minimum absolute atomic E-state index is 0.0347. The van der Waals surface area contributed by atoms with E-state index in [-0.39, 0.29) is 17.5 Å². The minimum Gasteiger partial charge on any atom is -0.360 e. The van der Waals surface area contributed by atoms with Crippen LogP contribution < -0.4 is 5.32 Å². The maximum absolute atomic E-state index is 12.4. The number of benzene rings is 1. The van der Waals surface area contributed by atoms with Crippen LogP contribution in [0.4, 0.5) is 5.13 Å². The Hall–Kier alpha value is -2.41. The fourth-order valence-electron chi connectivity index (χ4n) is 2.84. The zero-order valence-corrected chi connectivity index (χ0v) is 16.5. The first-order chi connectivity index (χ1) is 13.0. The zero-order valence-electron chi connectivity index (χ0n) is 14.2. The number of para-hydroxylation sites is 1. The summed E-state index contributed by atoms with van der Waals surface area (Å²) in [7, 11) is 0. The van der Waals surface area contributed by atoms with Crippen LogP contribution in [0.1, 0.15) is 11.3 Å². The van der Waals surface area contributed by atoms with Crippen molar-refractivity contribution in [2.24, 2.45) is 0 Å². The first-order valence-corrected chi connectivity index (χ1v) is 9.78. The normalized spacial score (nSPS) is 11.1. The maximum atomic E-state index is 12.4. The number of pyridine rings is 1. The predicted octanol–water partition coefficient (Wildman–Crippen LogP) is 5.48. The first kappa shape index (κ1) is 18.0. The molecule has 0 atom stereocenters. The molecule has 1 aromatic carbocycles. The number of thiazole rings is 1. The molecular formula is C19H14Cl2N4OS. The third kappa shape index (κ3) is 3.69. The summed E-state index contributed by atoms with van der Waals surface area (Å²) in [6.45, 7) is 1.80. The molecule has 0 unspecified atom stereocenters. The lowest BCUT2D eigenvalue weighted by atomic mass is 10.1. The number of H-pyrrole nitrogens is 1. The summed E-state index contributed by atoms with van der Waals surface area (Å²) >= 11 is 13.7. The lowest BCUT2D eigenvalue weighted by Gasteiger charge is -2.07. The van der Waals surface area contributed by atoms with E-state index in [4.69, 9.17) is 23.2 Å². The van der Waals surface area contributed by atoms with Crippen LogP contribution in [0.25, 0.3) is 22.2 Å². The minimum atomic E-state index is -0.246. The Morgan fingerprint density at radius 3 is 2.89 bits per heavy atom. The Balaban J connectivity index is 1.52. The number of carbonyl (C=O) groups excluding carboxylic acids is 1. The summed E-state index contributed by atoms with van der Waals surface area (Å²) in [6, 6.07) is 9.70. The van der Waals surface area contributed by atoms with Gasteiger partial charge in [-0.05, 0) is 19.1 Å². The van der Waals surface area contributed by atoms with E-state index >= 15 is 0 Å². The number of amides is 1. The van der Waals surface area contributed by atoms with Gasteiger partial charge in [0.1, 0.15) is 5.15 Å². The summed E-state index contributed by atoms with van der Waals surface area (Å²) in [6.07, 6.45) is 1.95. The molecule has 4 rings (SSSR count). The van der Waals surface area contributed by atoms with Crippen molar-refractivity contribution < 1.29 is 4.79 Å². The highest BCUT2D eigenvalue weighted by molar-refractivity contribution is 7.14. The van der Waals surface area contributed by atoms with Gasteiger partial charge in [-0.15, -0.1) is 11.3 Å². The maximum Gasteiger partial charge on any atom is 0.230 e. The number of halogens is 2. The molecule has 27 heavy (non-hydrogen) atoms. The van der Waals surface area contributed by atoms with E-state index in [1.165, 1.54) is 11.3 Å². The van der Waals surface area contributed by atoms with Gasteiger partial charge in [-0.3, -0.25) is 4.79 Å². The van der Waals surface area contributed by atoms with E-state index in [2.05, 4.69) is 20.3 Å². The van der Waals surface area contributed by atoms with Crippen molar-refractivity contribution in [3.8, 4) is 11.3 Å². The van der Waals surface area contributed by atoms with Crippen molar-refractivity contribution in [2.75, 3.05) is 5.32 Å². The van der Waals surface area contributed by atoms with Crippen LogP contribution in [0.5, 0.6) is 0 Å². The number of anilines is 1. The van der Waals surface area contributed by atoms with Crippen molar-refractivity contribution in [1.29, 1.82) is 0 Å². The number of aryl methyl sites for hydroxylation is 1. The van der Waals surface area contributed by atoms with Gasteiger partial charge in [-0.2, -0.15) is 0 Å². The van der Waals surface area contributed by atoms with Gasteiger partial charge in [-0.1, -0.05) is 41.4 Å². The SMILES string of the molecule is Cc1cc(Cl)c(CC(=O)Nc2nc(-c3c[nH]c4ccccc34)cs2)c(Cl)n1. The molecule has 0 aliphatic heterocycles. The van der Waals surface area contributed by atoms with Crippen LogP contribution in [0.2, 0.25) is 10.2 Å². The molecule has 136 valence electrons. The molecule has 0 saturated heterocycles. The second kappa shape index (κ2) is 7.31. The van der Waals surface area contributed by atoms with Gasteiger partial charge in [0.2, 0.25) is 5.91 Å². The van der Waals surface area contributed by atoms with Crippen molar-refractivity contribution in [2.45, 2.75) is 13.3 Å². The predicted molar refractivity (Wildman–Crippen MR) is 111 cm³/mol. The molecule has 0 aliphatic carbocycles. The molecule has 0 spiro atoms. The highest BCUT2D eigenvalue weighted by Gasteiger charge is 2.15. The molecule has 1 amide bonds. The summed E-state index contributed by atoms with van der Waals surface area (Å²) in [5, 5.41) is 7.00. The first-order valence-electron chi connectivity index (χ1n) is 8.14.